The average Bonchev–Trinajstić information content (AvgIpc) is 0.918. The van der Waals surface area contributed by atoms with E-state index >= 15 is 0 Å². The van der Waals surface area contributed by atoms with Crippen molar-refractivity contribution in [1.82, 2.24) is 0 Å². The van der Waals surface area contributed by atoms with Crippen molar-refractivity contribution >= 4 is 25.8 Å². The molecule has 0 aromatic rings. The van der Waals surface area contributed by atoms with Gasteiger partial charge >= 0.3 is 0 Å². The van der Waals surface area contributed by atoms with Gasteiger partial charge in [-0.2, -0.15) is 5.26 Å². The van der Waals surface area contributed by atoms with Crippen LogP contribution in [0.5, 0.6) is 0 Å². The van der Waals surface area contributed by atoms with E-state index < -0.39 is 0 Å². The van der Waals surface area contributed by atoms with Gasteiger partial charge in [-0.05, 0) is 0 Å². The first-order valence-electron chi connectivity index (χ1n) is 0.724. The molecule has 1 nitrogen and oxygen atoms in total. The van der Waals surface area contributed by atoms with Gasteiger partial charge in [0.1, 0.15) is 0 Å². The van der Waals surface area contributed by atoms with Gasteiger partial charge in [0.15, 0.2) is 0 Å². The van der Waals surface area contributed by atoms with Crippen LogP contribution in [0.2, 0.25) is 0 Å². The third kappa shape index (κ3) is 33.7. The van der Waals surface area contributed by atoms with Crippen LogP contribution in [0.25, 0.3) is 0 Å². The van der Waals surface area contributed by atoms with Gasteiger partial charge < -0.3 is 0 Å². The Morgan fingerprint density at radius 3 is 1.75 bits per heavy atom. The fourth-order valence-corrected chi connectivity index (χ4v) is 0. The summed E-state index contributed by atoms with van der Waals surface area (Å²) in [6.45, 7) is 1.43. The molecule has 0 bridgehead atoms. The average molecular weight is 156 g/mol. The Hall–Kier alpha value is 0.360. The van der Waals surface area contributed by atoms with Gasteiger partial charge in [-0.15, -0.1) is 0 Å². The normalized spacial score (nSPS) is 2.00. The fraction of sp³-hybridized carbons (Fsp3) is 0.500. The topological polar surface area (TPSA) is 23.8 Å². The van der Waals surface area contributed by atoms with Crippen molar-refractivity contribution < 1.29 is 0 Å². The Kier molecular flexibility index (Phi) is 22.4. The zero-order valence-electron chi connectivity index (χ0n) is 2.52. The summed E-state index contributed by atoms with van der Waals surface area (Å²) in [5.74, 6) is 0. The first kappa shape index (κ1) is 8.84. The standard InChI is InChI=1S/C2H3N.In/c1-2-3;/h1H3;. The summed E-state index contributed by atoms with van der Waals surface area (Å²) in [6, 6.07) is 1.75. The Balaban J connectivity index is 0. The molecule has 0 unspecified atom stereocenters. The van der Waals surface area contributed by atoms with E-state index in [1.54, 1.807) is 6.07 Å². The monoisotopic (exact) mass is 156 g/mol. The van der Waals surface area contributed by atoms with Crippen molar-refractivity contribution in [3.63, 3.8) is 0 Å². The molecule has 0 aliphatic carbocycles. The quantitative estimate of drug-likeness (QED) is 0.489. The van der Waals surface area contributed by atoms with E-state index in [9.17, 15) is 0 Å². The zero-order chi connectivity index (χ0) is 2.71. The molecule has 0 atom stereocenters. The van der Waals surface area contributed by atoms with Crippen LogP contribution >= 0.6 is 0 Å². The molecule has 2 heteroatoms. The molecular weight excluding hydrogens is 153 g/mol. The summed E-state index contributed by atoms with van der Waals surface area (Å²) < 4.78 is 0. The molecule has 3 radical (unpaired) electrons. The fourth-order valence-electron chi connectivity index (χ4n) is 0. The summed E-state index contributed by atoms with van der Waals surface area (Å²) >= 11 is 0. The molecule has 0 N–H and O–H groups in total. The molecule has 4 heavy (non-hydrogen) atoms. The third-order valence-corrected chi connectivity index (χ3v) is 0. The molecular formula is C2H3InN. The molecule has 0 aromatic carbocycles. The van der Waals surface area contributed by atoms with E-state index in [4.69, 9.17) is 5.26 Å². The molecule has 0 heterocycles. The van der Waals surface area contributed by atoms with Gasteiger partial charge in [-0.25, -0.2) is 0 Å². The van der Waals surface area contributed by atoms with Crippen molar-refractivity contribution in [2.45, 2.75) is 6.92 Å². The summed E-state index contributed by atoms with van der Waals surface area (Å²) in [7, 11) is 0. The van der Waals surface area contributed by atoms with E-state index in [1.165, 1.54) is 6.92 Å². The third-order valence-electron chi connectivity index (χ3n) is 0. The summed E-state index contributed by atoms with van der Waals surface area (Å²) in [5, 5.41) is 7.32. The summed E-state index contributed by atoms with van der Waals surface area (Å²) in [6.07, 6.45) is 0. The van der Waals surface area contributed by atoms with E-state index in [0.29, 0.717) is 0 Å². The number of nitrogens with zero attached hydrogens (tertiary/aromatic N) is 1. The van der Waals surface area contributed by atoms with E-state index in [0.717, 1.165) is 0 Å². The molecule has 19 valence electrons. The van der Waals surface area contributed by atoms with Crippen LogP contribution in [-0.4, -0.2) is 25.8 Å². The Bertz CT molecular complexity index is 27.5. The van der Waals surface area contributed by atoms with Gasteiger partial charge in [-0.1, -0.05) is 0 Å². The van der Waals surface area contributed by atoms with Crippen LogP contribution < -0.4 is 0 Å². The Morgan fingerprint density at radius 1 is 1.75 bits per heavy atom. The second-order valence-corrected chi connectivity index (χ2v) is 0.224. The minimum absolute atomic E-state index is 0. The second-order valence-electron chi connectivity index (χ2n) is 0.224. The minimum Gasteiger partial charge on any atom is -0.199 e. The van der Waals surface area contributed by atoms with Crippen LogP contribution in [0.4, 0.5) is 0 Å². The van der Waals surface area contributed by atoms with Crippen molar-refractivity contribution in [3.05, 3.63) is 0 Å². The predicted octanol–water partition coefficient (Wildman–Crippen LogP) is 0.149. The Morgan fingerprint density at radius 2 is 1.75 bits per heavy atom. The number of hydrogen-bond acceptors (Lipinski definition) is 1. The molecule has 0 fully saturated rings. The molecule has 0 aliphatic rings. The summed E-state index contributed by atoms with van der Waals surface area (Å²) in [4.78, 5) is 0. The zero-order valence-corrected chi connectivity index (χ0v) is 5.82. The van der Waals surface area contributed by atoms with Crippen LogP contribution in [0.1, 0.15) is 6.92 Å². The van der Waals surface area contributed by atoms with Crippen LogP contribution in [0, 0.1) is 11.3 Å². The first-order chi connectivity index (χ1) is 1.41. The molecule has 0 saturated heterocycles. The molecule has 0 saturated carbocycles. The van der Waals surface area contributed by atoms with Gasteiger partial charge in [0.25, 0.3) is 0 Å². The van der Waals surface area contributed by atoms with Crippen molar-refractivity contribution in [2.75, 3.05) is 0 Å². The number of nitriles is 1. The van der Waals surface area contributed by atoms with Crippen molar-refractivity contribution in [1.29, 1.82) is 5.26 Å². The second kappa shape index (κ2) is 10.1. The molecule has 0 aromatic heterocycles. The van der Waals surface area contributed by atoms with E-state index in [-0.39, 0.29) is 25.8 Å². The van der Waals surface area contributed by atoms with Gasteiger partial charge in [0.05, 0.1) is 6.07 Å². The molecule has 0 spiro atoms. The van der Waals surface area contributed by atoms with Crippen molar-refractivity contribution in [2.24, 2.45) is 0 Å². The maximum atomic E-state index is 7.32. The number of rotatable bonds is 0. The van der Waals surface area contributed by atoms with Gasteiger partial charge in [0, 0.05) is 32.8 Å². The van der Waals surface area contributed by atoms with Crippen LogP contribution in [0.3, 0.4) is 0 Å². The number of hydrogen-bond donors (Lipinski definition) is 0. The molecule has 0 amide bonds. The SMILES string of the molecule is CC#N.[In]. The van der Waals surface area contributed by atoms with Crippen LogP contribution in [-0.2, 0) is 0 Å². The summed E-state index contributed by atoms with van der Waals surface area (Å²) in [5.41, 5.74) is 0. The minimum atomic E-state index is 0. The van der Waals surface area contributed by atoms with Gasteiger partial charge in [-0.3, -0.25) is 0 Å². The predicted molar refractivity (Wildman–Crippen MR) is 17.0 cm³/mol. The van der Waals surface area contributed by atoms with E-state index in [2.05, 4.69) is 0 Å². The van der Waals surface area contributed by atoms with Crippen molar-refractivity contribution in [3.8, 4) is 6.07 Å². The Labute approximate surface area is 44.4 Å². The molecule has 0 rings (SSSR count). The smallest absolute Gasteiger partial charge is 0.0587 e. The first-order valence-corrected chi connectivity index (χ1v) is 0.724. The van der Waals surface area contributed by atoms with Crippen LogP contribution in [0.15, 0.2) is 0 Å². The largest absolute Gasteiger partial charge is 0.199 e. The molecule has 0 aliphatic heterocycles. The van der Waals surface area contributed by atoms with E-state index in [1.807, 2.05) is 0 Å². The van der Waals surface area contributed by atoms with Gasteiger partial charge in [0.2, 0.25) is 0 Å². The maximum absolute atomic E-state index is 7.32. The maximum Gasteiger partial charge on any atom is 0.0587 e.